The maximum absolute atomic E-state index is 11.4. The van der Waals surface area contributed by atoms with E-state index in [0.29, 0.717) is 13.0 Å². The molecule has 13 heavy (non-hydrogen) atoms. The highest BCUT2D eigenvalue weighted by molar-refractivity contribution is 5.84. The summed E-state index contributed by atoms with van der Waals surface area (Å²) in [7, 11) is 1.36. The van der Waals surface area contributed by atoms with E-state index >= 15 is 0 Å². The number of carbonyl (C=O) groups excluding carboxylic acids is 2. The first-order chi connectivity index (χ1) is 6.20. The second-order valence-corrected chi connectivity index (χ2v) is 3.12. The first kappa shape index (κ1) is 10.0. The molecular weight excluding hydrogens is 170 g/mol. The molecule has 0 aromatic carbocycles. The summed E-state index contributed by atoms with van der Waals surface area (Å²) in [6, 6.07) is -0.336. The van der Waals surface area contributed by atoms with E-state index < -0.39 is 0 Å². The Hall–Kier alpha value is -1.06. The van der Waals surface area contributed by atoms with Crippen molar-refractivity contribution in [1.29, 1.82) is 0 Å². The third-order valence-corrected chi connectivity index (χ3v) is 2.35. The van der Waals surface area contributed by atoms with Crippen LogP contribution in [0.2, 0.25) is 0 Å². The molecule has 0 bridgehead atoms. The first-order valence-electron chi connectivity index (χ1n) is 4.58. The molecule has 1 amide bonds. The second-order valence-electron chi connectivity index (χ2n) is 3.12. The van der Waals surface area contributed by atoms with Crippen molar-refractivity contribution in [2.75, 3.05) is 13.7 Å². The molecular formula is C9H15NO3. The van der Waals surface area contributed by atoms with Crippen molar-refractivity contribution in [3.05, 3.63) is 0 Å². The minimum atomic E-state index is -0.336. The molecule has 0 aliphatic carbocycles. The third kappa shape index (κ3) is 1.99. The van der Waals surface area contributed by atoms with Crippen molar-refractivity contribution in [1.82, 2.24) is 4.90 Å². The normalized spacial score (nSPS) is 21.7. The number of amides is 1. The van der Waals surface area contributed by atoms with Crippen molar-refractivity contribution in [3.8, 4) is 0 Å². The van der Waals surface area contributed by atoms with E-state index in [-0.39, 0.29) is 17.9 Å². The number of nitrogens with zero attached hydrogens (tertiary/aromatic N) is 1. The highest BCUT2D eigenvalue weighted by Crippen LogP contribution is 2.18. The molecule has 0 unspecified atom stereocenters. The molecule has 1 aliphatic rings. The van der Waals surface area contributed by atoms with Gasteiger partial charge < -0.3 is 9.64 Å². The summed E-state index contributed by atoms with van der Waals surface area (Å²) in [5, 5.41) is 0. The number of methoxy groups -OCH3 is 1. The molecule has 1 saturated heterocycles. The topological polar surface area (TPSA) is 46.6 Å². The molecule has 1 rings (SSSR count). The fraction of sp³-hybridized carbons (Fsp3) is 0.778. The van der Waals surface area contributed by atoms with Gasteiger partial charge in [-0.3, -0.25) is 4.79 Å². The zero-order chi connectivity index (χ0) is 9.84. The molecule has 1 fully saturated rings. The van der Waals surface area contributed by atoms with Gasteiger partial charge >= 0.3 is 5.97 Å². The average Bonchev–Trinajstić information content (AvgIpc) is 2.63. The summed E-state index contributed by atoms with van der Waals surface area (Å²) in [6.07, 6.45) is 2.08. The molecule has 1 aliphatic heterocycles. The zero-order valence-electron chi connectivity index (χ0n) is 8.08. The molecule has 1 heterocycles. The van der Waals surface area contributed by atoms with Crippen LogP contribution in [0.1, 0.15) is 26.2 Å². The summed E-state index contributed by atoms with van der Waals surface area (Å²) in [6.45, 7) is 2.49. The summed E-state index contributed by atoms with van der Waals surface area (Å²) in [5.74, 6) is -0.257. The minimum absolute atomic E-state index is 0.0351. The zero-order valence-corrected chi connectivity index (χ0v) is 8.08. The Labute approximate surface area is 77.8 Å². The van der Waals surface area contributed by atoms with Crippen molar-refractivity contribution in [2.45, 2.75) is 32.2 Å². The van der Waals surface area contributed by atoms with Gasteiger partial charge in [0.25, 0.3) is 0 Å². The molecule has 0 N–H and O–H groups in total. The van der Waals surface area contributed by atoms with E-state index in [1.807, 2.05) is 0 Å². The lowest BCUT2D eigenvalue weighted by Gasteiger charge is -2.21. The predicted octanol–water partition coefficient (Wildman–Crippen LogP) is 0.560. The summed E-state index contributed by atoms with van der Waals surface area (Å²) in [5.41, 5.74) is 0. The van der Waals surface area contributed by atoms with Crippen LogP contribution in [-0.2, 0) is 14.3 Å². The minimum Gasteiger partial charge on any atom is -0.467 e. The van der Waals surface area contributed by atoms with Crippen molar-refractivity contribution in [3.63, 3.8) is 0 Å². The Kier molecular flexibility index (Phi) is 3.28. The quantitative estimate of drug-likeness (QED) is 0.590. The fourth-order valence-corrected chi connectivity index (χ4v) is 1.65. The average molecular weight is 185 g/mol. The van der Waals surface area contributed by atoms with Gasteiger partial charge in [-0.2, -0.15) is 0 Å². The molecule has 0 radical (unpaired) electrons. The van der Waals surface area contributed by atoms with Gasteiger partial charge in [0.15, 0.2) is 0 Å². The Morgan fingerprint density at radius 3 is 2.77 bits per heavy atom. The Balaban J connectivity index is 2.63. The Bertz CT molecular complexity index is 193. The SMILES string of the molecule is CCC(=O)N1CCC[C@H]1C(=O)OC. The number of hydrogen-bond acceptors (Lipinski definition) is 3. The van der Waals surface area contributed by atoms with Gasteiger partial charge in [-0.1, -0.05) is 6.92 Å². The maximum atomic E-state index is 11.4. The van der Waals surface area contributed by atoms with Crippen molar-refractivity contribution in [2.24, 2.45) is 0 Å². The van der Waals surface area contributed by atoms with Crippen molar-refractivity contribution < 1.29 is 14.3 Å². The lowest BCUT2D eigenvalue weighted by atomic mass is 10.2. The molecule has 0 saturated carbocycles. The van der Waals surface area contributed by atoms with Crippen LogP contribution in [0.5, 0.6) is 0 Å². The van der Waals surface area contributed by atoms with E-state index in [2.05, 4.69) is 4.74 Å². The smallest absolute Gasteiger partial charge is 0.328 e. The molecule has 1 atom stereocenters. The van der Waals surface area contributed by atoms with Crippen LogP contribution in [0.3, 0.4) is 0 Å². The van der Waals surface area contributed by atoms with Gasteiger partial charge in [0.05, 0.1) is 7.11 Å². The van der Waals surface area contributed by atoms with Gasteiger partial charge in [-0.05, 0) is 12.8 Å². The van der Waals surface area contributed by atoms with E-state index in [4.69, 9.17) is 0 Å². The Morgan fingerprint density at radius 2 is 2.23 bits per heavy atom. The summed E-state index contributed by atoms with van der Waals surface area (Å²) < 4.78 is 4.63. The lowest BCUT2D eigenvalue weighted by molar-refractivity contribution is -0.150. The molecule has 0 aromatic rings. The first-order valence-corrected chi connectivity index (χ1v) is 4.58. The monoisotopic (exact) mass is 185 g/mol. The molecule has 4 nitrogen and oxygen atoms in total. The van der Waals surface area contributed by atoms with Gasteiger partial charge in [0.1, 0.15) is 6.04 Å². The summed E-state index contributed by atoms with van der Waals surface area (Å²) >= 11 is 0. The molecule has 74 valence electrons. The molecule has 0 spiro atoms. The van der Waals surface area contributed by atoms with Crippen LogP contribution in [0.4, 0.5) is 0 Å². The highest BCUT2D eigenvalue weighted by atomic mass is 16.5. The van der Waals surface area contributed by atoms with Gasteiger partial charge in [0, 0.05) is 13.0 Å². The predicted molar refractivity (Wildman–Crippen MR) is 47.0 cm³/mol. The van der Waals surface area contributed by atoms with E-state index in [0.717, 1.165) is 12.8 Å². The van der Waals surface area contributed by atoms with Crippen LogP contribution < -0.4 is 0 Å². The van der Waals surface area contributed by atoms with Crippen molar-refractivity contribution >= 4 is 11.9 Å². The highest BCUT2D eigenvalue weighted by Gasteiger charge is 2.33. The number of hydrogen-bond donors (Lipinski definition) is 0. The number of carbonyl (C=O) groups is 2. The van der Waals surface area contributed by atoms with Gasteiger partial charge in [-0.15, -0.1) is 0 Å². The number of esters is 1. The van der Waals surface area contributed by atoms with Crippen LogP contribution in [-0.4, -0.2) is 36.5 Å². The van der Waals surface area contributed by atoms with Crippen LogP contribution >= 0.6 is 0 Å². The van der Waals surface area contributed by atoms with Crippen LogP contribution in [0, 0.1) is 0 Å². The molecule has 4 heteroatoms. The van der Waals surface area contributed by atoms with E-state index in [1.165, 1.54) is 7.11 Å². The van der Waals surface area contributed by atoms with E-state index in [1.54, 1.807) is 11.8 Å². The maximum Gasteiger partial charge on any atom is 0.328 e. The number of rotatable bonds is 2. The number of likely N-dealkylation sites (tertiary alicyclic amines) is 1. The second kappa shape index (κ2) is 4.25. The third-order valence-electron chi connectivity index (χ3n) is 2.35. The lowest BCUT2D eigenvalue weighted by Crippen LogP contribution is -2.40. The van der Waals surface area contributed by atoms with Crippen LogP contribution in [0.15, 0.2) is 0 Å². The largest absolute Gasteiger partial charge is 0.467 e. The summed E-state index contributed by atoms with van der Waals surface area (Å²) in [4.78, 5) is 24.2. The number of ether oxygens (including phenoxy) is 1. The fourth-order valence-electron chi connectivity index (χ4n) is 1.65. The van der Waals surface area contributed by atoms with E-state index in [9.17, 15) is 9.59 Å². The Morgan fingerprint density at radius 1 is 1.54 bits per heavy atom. The standard InChI is InChI=1S/C9H15NO3/c1-3-8(11)10-6-4-5-7(10)9(12)13-2/h7H,3-6H2,1-2H3/t7-/m0/s1. The van der Waals surface area contributed by atoms with Gasteiger partial charge in [0.2, 0.25) is 5.91 Å². The van der Waals surface area contributed by atoms with Crippen LogP contribution in [0.25, 0.3) is 0 Å². The molecule has 0 aromatic heterocycles. The van der Waals surface area contributed by atoms with Gasteiger partial charge in [-0.25, -0.2) is 4.79 Å².